The van der Waals surface area contributed by atoms with Gasteiger partial charge in [-0.1, -0.05) is 20.8 Å². The van der Waals surface area contributed by atoms with Gasteiger partial charge in [-0.15, -0.1) is 0 Å². The molecule has 0 unspecified atom stereocenters. The van der Waals surface area contributed by atoms with E-state index in [0.717, 1.165) is 11.5 Å². The molecule has 0 amide bonds. The van der Waals surface area contributed by atoms with Gasteiger partial charge in [0.05, 0.1) is 6.10 Å². The Hall–Kier alpha value is -1.18. The van der Waals surface area contributed by atoms with Crippen molar-refractivity contribution in [2.45, 2.75) is 71.5 Å². The van der Waals surface area contributed by atoms with Crippen molar-refractivity contribution in [2.75, 3.05) is 0 Å². The van der Waals surface area contributed by atoms with E-state index in [1.807, 2.05) is 6.07 Å². The van der Waals surface area contributed by atoms with Crippen molar-refractivity contribution in [3.63, 3.8) is 0 Å². The maximum Gasteiger partial charge on any atom is 0.123 e. The number of ether oxygens (including phenoxy) is 2. The molecule has 0 bridgehead atoms. The van der Waals surface area contributed by atoms with Crippen LogP contribution in [0.15, 0.2) is 18.2 Å². The predicted molar refractivity (Wildman–Crippen MR) is 79.2 cm³/mol. The Morgan fingerprint density at radius 3 is 2.11 bits per heavy atom. The Kier molecular flexibility index (Phi) is 3.55. The van der Waals surface area contributed by atoms with Crippen LogP contribution in [0.3, 0.4) is 0 Å². The standard InChI is InChI=1S/C17H26O2/c1-16(2,3)14-11-13(19-17(4,5)6)9-10-15(14)18-12-7-8-12/h9-12H,7-8H2,1-6H3. The Balaban J connectivity index is 2.29. The van der Waals surface area contributed by atoms with Crippen LogP contribution in [0.2, 0.25) is 0 Å². The van der Waals surface area contributed by atoms with E-state index in [4.69, 9.17) is 9.47 Å². The lowest BCUT2D eigenvalue weighted by molar-refractivity contribution is 0.130. The lowest BCUT2D eigenvalue weighted by atomic mass is 9.86. The lowest BCUT2D eigenvalue weighted by Crippen LogP contribution is -2.23. The van der Waals surface area contributed by atoms with Gasteiger partial charge in [0.1, 0.15) is 17.1 Å². The van der Waals surface area contributed by atoms with Crippen LogP contribution in [0.4, 0.5) is 0 Å². The highest BCUT2D eigenvalue weighted by Gasteiger charge is 2.27. The highest BCUT2D eigenvalue weighted by atomic mass is 16.5. The minimum Gasteiger partial charge on any atom is -0.490 e. The summed E-state index contributed by atoms with van der Waals surface area (Å²) in [4.78, 5) is 0. The predicted octanol–water partition coefficient (Wildman–Crippen LogP) is 4.70. The average Bonchev–Trinajstić information content (AvgIpc) is 3.00. The average molecular weight is 262 g/mol. The number of hydrogen-bond donors (Lipinski definition) is 0. The van der Waals surface area contributed by atoms with E-state index in [-0.39, 0.29) is 11.0 Å². The van der Waals surface area contributed by atoms with Gasteiger partial charge < -0.3 is 9.47 Å². The van der Waals surface area contributed by atoms with E-state index in [1.54, 1.807) is 0 Å². The third-order valence-corrected chi connectivity index (χ3v) is 3.00. The first-order valence-electron chi connectivity index (χ1n) is 7.15. The lowest BCUT2D eigenvalue weighted by Gasteiger charge is -2.26. The normalized spacial score (nSPS) is 16.3. The zero-order chi connectivity index (χ0) is 14.3. The molecule has 2 heteroatoms. The van der Waals surface area contributed by atoms with Crippen LogP contribution in [0.25, 0.3) is 0 Å². The number of rotatable bonds is 3. The van der Waals surface area contributed by atoms with Crippen LogP contribution in [-0.4, -0.2) is 11.7 Å². The molecule has 1 aromatic rings. The van der Waals surface area contributed by atoms with Gasteiger partial charge in [-0.05, 0) is 57.2 Å². The van der Waals surface area contributed by atoms with E-state index in [0.29, 0.717) is 6.10 Å². The van der Waals surface area contributed by atoms with Gasteiger partial charge in [-0.2, -0.15) is 0 Å². The SMILES string of the molecule is CC(C)(C)Oc1ccc(OC2CC2)c(C(C)(C)C)c1. The van der Waals surface area contributed by atoms with Crippen molar-refractivity contribution in [1.82, 2.24) is 0 Å². The van der Waals surface area contributed by atoms with Crippen LogP contribution >= 0.6 is 0 Å². The topological polar surface area (TPSA) is 18.5 Å². The summed E-state index contributed by atoms with van der Waals surface area (Å²) in [6.07, 6.45) is 2.80. The van der Waals surface area contributed by atoms with Crippen molar-refractivity contribution in [3.05, 3.63) is 23.8 Å². The van der Waals surface area contributed by atoms with E-state index in [1.165, 1.54) is 18.4 Å². The maximum absolute atomic E-state index is 6.01. The van der Waals surface area contributed by atoms with Gasteiger partial charge in [0.2, 0.25) is 0 Å². The molecule has 0 aromatic heterocycles. The van der Waals surface area contributed by atoms with Gasteiger partial charge in [0.25, 0.3) is 0 Å². The summed E-state index contributed by atoms with van der Waals surface area (Å²) in [6, 6.07) is 6.20. The summed E-state index contributed by atoms with van der Waals surface area (Å²) in [5.41, 5.74) is 1.11. The molecule has 0 spiro atoms. The second kappa shape index (κ2) is 4.73. The zero-order valence-electron chi connectivity index (χ0n) is 13.0. The smallest absolute Gasteiger partial charge is 0.123 e. The minimum absolute atomic E-state index is 0.0570. The van der Waals surface area contributed by atoms with E-state index >= 15 is 0 Å². The second-order valence-electron chi connectivity index (χ2n) is 7.44. The van der Waals surface area contributed by atoms with Gasteiger partial charge in [-0.25, -0.2) is 0 Å². The number of benzene rings is 1. The zero-order valence-corrected chi connectivity index (χ0v) is 13.0. The molecule has 0 radical (unpaired) electrons. The molecule has 1 aliphatic carbocycles. The molecule has 1 aromatic carbocycles. The third kappa shape index (κ3) is 4.15. The highest BCUT2D eigenvalue weighted by Crippen LogP contribution is 2.38. The fourth-order valence-corrected chi connectivity index (χ4v) is 1.98. The fraction of sp³-hybridized carbons (Fsp3) is 0.647. The van der Waals surface area contributed by atoms with Crippen LogP contribution in [0, 0.1) is 0 Å². The Labute approximate surface area is 117 Å². The van der Waals surface area contributed by atoms with Crippen LogP contribution in [0.1, 0.15) is 59.9 Å². The summed E-state index contributed by atoms with van der Waals surface area (Å²) in [6.45, 7) is 12.8. The summed E-state index contributed by atoms with van der Waals surface area (Å²) >= 11 is 0. The molecule has 0 N–H and O–H groups in total. The summed E-state index contributed by atoms with van der Waals surface area (Å²) < 4.78 is 12.0. The molecule has 0 saturated heterocycles. The molecule has 0 aliphatic heterocycles. The Morgan fingerprint density at radius 1 is 1.00 bits per heavy atom. The molecule has 1 aliphatic rings. The molecule has 0 heterocycles. The Bertz CT molecular complexity index is 445. The first-order valence-corrected chi connectivity index (χ1v) is 7.15. The van der Waals surface area contributed by atoms with Crippen molar-refractivity contribution in [3.8, 4) is 11.5 Å². The monoisotopic (exact) mass is 262 g/mol. The van der Waals surface area contributed by atoms with E-state index < -0.39 is 0 Å². The maximum atomic E-state index is 6.01. The molecule has 0 atom stereocenters. The van der Waals surface area contributed by atoms with E-state index in [2.05, 4.69) is 53.7 Å². The summed E-state index contributed by atoms with van der Waals surface area (Å²) in [7, 11) is 0. The quantitative estimate of drug-likeness (QED) is 0.786. The summed E-state index contributed by atoms with van der Waals surface area (Å²) in [5, 5.41) is 0. The highest BCUT2D eigenvalue weighted by molar-refractivity contribution is 5.44. The first kappa shape index (κ1) is 14.2. The fourth-order valence-electron chi connectivity index (χ4n) is 1.98. The molecular weight excluding hydrogens is 236 g/mol. The summed E-state index contributed by atoms with van der Waals surface area (Å²) in [5.74, 6) is 1.93. The molecule has 2 nitrogen and oxygen atoms in total. The third-order valence-electron chi connectivity index (χ3n) is 3.00. The van der Waals surface area contributed by atoms with Crippen molar-refractivity contribution in [2.24, 2.45) is 0 Å². The van der Waals surface area contributed by atoms with Crippen LogP contribution in [0.5, 0.6) is 11.5 Å². The second-order valence-corrected chi connectivity index (χ2v) is 7.44. The van der Waals surface area contributed by atoms with Gasteiger partial charge in [0, 0.05) is 5.56 Å². The Morgan fingerprint density at radius 2 is 1.63 bits per heavy atom. The van der Waals surface area contributed by atoms with Crippen LogP contribution < -0.4 is 9.47 Å². The molecule has 106 valence electrons. The van der Waals surface area contributed by atoms with Gasteiger partial charge >= 0.3 is 0 Å². The molecular formula is C17H26O2. The van der Waals surface area contributed by atoms with Crippen molar-refractivity contribution in [1.29, 1.82) is 0 Å². The van der Waals surface area contributed by atoms with E-state index in [9.17, 15) is 0 Å². The van der Waals surface area contributed by atoms with Gasteiger partial charge in [-0.3, -0.25) is 0 Å². The molecule has 2 rings (SSSR count). The first-order chi connectivity index (χ1) is 8.65. The van der Waals surface area contributed by atoms with Crippen molar-refractivity contribution < 1.29 is 9.47 Å². The van der Waals surface area contributed by atoms with Crippen LogP contribution in [-0.2, 0) is 5.41 Å². The molecule has 19 heavy (non-hydrogen) atoms. The number of hydrogen-bond acceptors (Lipinski definition) is 2. The van der Waals surface area contributed by atoms with Crippen molar-refractivity contribution >= 4 is 0 Å². The molecule has 1 saturated carbocycles. The minimum atomic E-state index is -0.173. The van der Waals surface area contributed by atoms with Gasteiger partial charge in [0.15, 0.2) is 0 Å². The molecule has 1 fully saturated rings. The largest absolute Gasteiger partial charge is 0.490 e.